The Kier molecular flexibility index (Phi) is 3.43. The van der Waals surface area contributed by atoms with Gasteiger partial charge in [-0.25, -0.2) is 0 Å². The van der Waals surface area contributed by atoms with Crippen molar-refractivity contribution in [1.29, 1.82) is 0 Å². The SMILES string of the molecule is CC(C)n1ccc(CC(=O)C2C=CC(N)C2)n1. The summed E-state index contributed by atoms with van der Waals surface area (Å²) in [5.41, 5.74) is 6.59. The molecule has 0 saturated heterocycles. The zero-order chi connectivity index (χ0) is 12.4. The summed E-state index contributed by atoms with van der Waals surface area (Å²) < 4.78 is 1.87. The fourth-order valence-electron chi connectivity index (χ4n) is 2.03. The highest BCUT2D eigenvalue weighted by molar-refractivity contribution is 5.85. The summed E-state index contributed by atoms with van der Waals surface area (Å²) in [4.78, 5) is 12.0. The van der Waals surface area contributed by atoms with Crippen LogP contribution in [0.4, 0.5) is 0 Å². The molecule has 2 rings (SSSR count). The van der Waals surface area contributed by atoms with E-state index >= 15 is 0 Å². The number of aromatic nitrogens is 2. The first-order valence-electron chi connectivity index (χ1n) is 6.07. The Balaban J connectivity index is 1.96. The molecule has 1 aromatic heterocycles. The molecule has 0 fully saturated rings. The molecular formula is C13H19N3O. The molecule has 4 heteroatoms. The first-order chi connectivity index (χ1) is 8.06. The first kappa shape index (κ1) is 12.0. The molecule has 92 valence electrons. The number of carbonyl (C=O) groups is 1. The predicted molar refractivity (Wildman–Crippen MR) is 66.5 cm³/mol. The second-order valence-electron chi connectivity index (χ2n) is 4.91. The van der Waals surface area contributed by atoms with Gasteiger partial charge in [0.25, 0.3) is 0 Å². The summed E-state index contributed by atoms with van der Waals surface area (Å²) in [6.45, 7) is 4.13. The van der Waals surface area contributed by atoms with Crippen LogP contribution in [0.2, 0.25) is 0 Å². The highest BCUT2D eigenvalue weighted by Gasteiger charge is 2.23. The van der Waals surface area contributed by atoms with Gasteiger partial charge in [0.2, 0.25) is 0 Å². The third-order valence-corrected chi connectivity index (χ3v) is 3.08. The van der Waals surface area contributed by atoms with E-state index in [1.54, 1.807) is 0 Å². The molecule has 1 aliphatic carbocycles. The number of nitrogens with zero attached hydrogens (tertiary/aromatic N) is 2. The van der Waals surface area contributed by atoms with Gasteiger partial charge < -0.3 is 5.73 Å². The summed E-state index contributed by atoms with van der Waals surface area (Å²) in [6.07, 6.45) is 6.90. The Morgan fingerprint density at radius 1 is 1.59 bits per heavy atom. The summed E-state index contributed by atoms with van der Waals surface area (Å²) >= 11 is 0. The monoisotopic (exact) mass is 233 g/mol. The number of rotatable bonds is 4. The Hall–Kier alpha value is -1.42. The first-order valence-corrected chi connectivity index (χ1v) is 6.07. The maximum absolute atomic E-state index is 12.0. The van der Waals surface area contributed by atoms with Gasteiger partial charge in [-0.3, -0.25) is 9.48 Å². The van der Waals surface area contributed by atoms with E-state index in [4.69, 9.17) is 5.73 Å². The van der Waals surface area contributed by atoms with E-state index in [-0.39, 0.29) is 17.7 Å². The average molecular weight is 233 g/mol. The zero-order valence-corrected chi connectivity index (χ0v) is 10.3. The van der Waals surface area contributed by atoms with Gasteiger partial charge in [-0.1, -0.05) is 12.2 Å². The minimum atomic E-state index is -0.0193. The minimum Gasteiger partial charge on any atom is -0.324 e. The number of allylic oxidation sites excluding steroid dienone is 1. The largest absolute Gasteiger partial charge is 0.324 e. The lowest BCUT2D eigenvalue weighted by Gasteiger charge is -2.07. The van der Waals surface area contributed by atoms with Gasteiger partial charge in [0.15, 0.2) is 0 Å². The Bertz CT molecular complexity index is 434. The summed E-state index contributed by atoms with van der Waals surface area (Å²) in [7, 11) is 0. The molecule has 0 amide bonds. The fourth-order valence-corrected chi connectivity index (χ4v) is 2.03. The van der Waals surface area contributed by atoms with Gasteiger partial charge in [0.1, 0.15) is 5.78 Å². The van der Waals surface area contributed by atoms with Gasteiger partial charge in [0.05, 0.1) is 12.1 Å². The highest BCUT2D eigenvalue weighted by atomic mass is 16.1. The van der Waals surface area contributed by atoms with Crippen LogP contribution in [0.3, 0.4) is 0 Å². The number of hydrogen-bond donors (Lipinski definition) is 1. The third kappa shape index (κ3) is 2.82. The summed E-state index contributed by atoms with van der Waals surface area (Å²) in [5.74, 6) is 0.192. The normalized spacial score (nSPS) is 23.5. The van der Waals surface area contributed by atoms with Crippen LogP contribution >= 0.6 is 0 Å². The van der Waals surface area contributed by atoms with E-state index in [0.29, 0.717) is 12.5 Å². The van der Waals surface area contributed by atoms with Crippen LogP contribution in [-0.4, -0.2) is 21.6 Å². The maximum atomic E-state index is 12.0. The van der Waals surface area contributed by atoms with Crippen molar-refractivity contribution in [3.8, 4) is 0 Å². The number of nitrogens with two attached hydrogens (primary N) is 1. The standard InChI is InChI=1S/C13H19N3O/c1-9(2)16-6-5-12(15-16)8-13(17)10-3-4-11(14)7-10/h3-6,9-11H,7-8,14H2,1-2H3. The van der Waals surface area contributed by atoms with Gasteiger partial charge in [0, 0.05) is 24.2 Å². The third-order valence-electron chi connectivity index (χ3n) is 3.08. The van der Waals surface area contributed by atoms with Crippen molar-refractivity contribution in [2.75, 3.05) is 0 Å². The van der Waals surface area contributed by atoms with Crippen LogP contribution in [0.5, 0.6) is 0 Å². The molecule has 0 radical (unpaired) electrons. The molecule has 0 aliphatic heterocycles. The zero-order valence-electron chi connectivity index (χ0n) is 10.3. The Morgan fingerprint density at radius 2 is 2.35 bits per heavy atom. The van der Waals surface area contributed by atoms with Gasteiger partial charge in [-0.2, -0.15) is 5.10 Å². The van der Waals surface area contributed by atoms with E-state index in [1.807, 2.05) is 29.1 Å². The molecule has 0 bridgehead atoms. The average Bonchev–Trinajstić information content (AvgIpc) is 2.86. The van der Waals surface area contributed by atoms with Crippen molar-refractivity contribution in [2.45, 2.75) is 38.8 Å². The maximum Gasteiger partial charge on any atom is 0.145 e. The Labute approximate surface area is 101 Å². The van der Waals surface area contributed by atoms with Crippen LogP contribution in [0.25, 0.3) is 0 Å². The van der Waals surface area contributed by atoms with Crippen LogP contribution < -0.4 is 5.73 Å². The summed E-state index contributed by atoms with van der Waals surface area (Å²) in [6, 6.07) is 2.28. The van der Waals surface area contributed by atoms with Crippen LogP contribution in [0.1, 0.15) is 32.0 Å². The van der Waals surface area contributed by atoms with Crippen molar-refractivity contribution in [2.24, 2.45) is 11.7 Å². The number of carbonyl (C=O) groups excluding carboxylic acids is 1. The van der Waals surface area contributed by atoms with Crippen molar-refractivity contribution in [1.82, 2.24) is 9.78 Å². The number of hydrogen-bond acceptors (Lipinski definition) is 3. The number of Topliss-reactive ketones (excluding diaryl/α,β-unsaturated/α-hetero) is 1. The number of ketones is 1. The molecular weight excluding hydrogens is 214 g/mol. The molecule has 1 aliphatic rings. The van der Waals surface area contributed by atoms with Crippen molar-refractivity contribution < 1.29 is 4.79 Å². The van der Waals surface area contributed by atoms with E-state index in [2.05, 4.69) is 18.9 Å². The molecule has 17 heavy (non-hydrogen) atoms. The lowest BCUT2D eigenvalue weighted by Crippen LogP contribution is -2.20. The van der Waals surface area contributed by atoms with E-state index in [9.17, 15) is 4.79 Å². The van der Waals surface area contributed by atoms with Crippen LogP contribution in [0.15, 0.2) is 24.4 Å². The summed E-state index contributed by atoms with van der Waals surface area (Å²) in [5, 5.41) is 4.38. The Morgan fingerprint density at radius 3 is 2.88 bits per heavy atom. The van der Waals surface area contributed by atoms with Crippen molar-refractivity contribution in [3.05, 3.63) is 30.1 Å². The molecule has 0 spiro atoms. The van der Waals surface area contributed by atoms with E-state index in [0.717, 1.165) is 12.1 Å². The van der Waals surface area contributed by atoms with E-state index in [1.165, 1.54) is 0 Å². The lowest BCUT2D eigenvalue weighted by atomic mass is 9.99. The van der Waals surface area contributed by atoms with Gasteiger partial charge in [-0.15, -0.1) is 0 Å². The van der Waals surface area contributed by atoms with Gasteiger partial charge in [-0.05, 0) is 26.3 Å². The predicted octanol–water partition coefficient (Wildman–Crippen LogP) is 1.48. The second-order valence-corrected chi connectivity index (χ2v) is 4.91. The van der Waals surface area contributed by atoms with E-state index < -0.39 is 0 Å². The van der Waals surface area contributed by atoms with Gasteiger partial charge >= 0.3 is 0 Å². The molecule has 1 aromatic rings. The lowest BCUT2D eigenvalue weighted by molar-refractivity contribution is -0.120. The fraction of sp³-hybridized carbons (Fsp3) is 0.538. The molecule has 2 atom stereocenters. The van der Waals surface area contributed by atoms with Crippen LogP contribution in [-0.2, 0) is 11.2 Å². The molecule has 4 nitrogen and oxygen atoms in total. The molecule has 1 heterocycles. The van der Waals surface area contributed by atoms with Crippen molar-refractivity contribution >= 4 is 5.78 Å². The van der Waals surface area contributed by atoms with Crippen LogP contribution in [0, 0.1) is 5.92 Å². The van der Waals surface area contributed by atoms with Crippen molar-refractivity contribution in [3.63, 3.8) is 0 Å². The quantitative estimate of drug-likeness (QED) is 0.801. The topological polar surface area (TPSA) is 60.9 Å². The smallest absolute Gasteiger partial charge is 0.145 e. The highest BCUT2D eigenvalue weighted by Crippen LogP contribution is 2.19. The molecule has 2 unspecified atom stereocenters. The molecule has 0 aromatic carbocycles. The molecule has 2 N–H and O–H groups in total. The minimum absolute atomic E-state index is 0.0193. The molecule has 0 saturated carbocycles. The second kappa shape index (κ2) is 4.84.